The number of ether oxygens (including phenoxy) is 1. The second-order valence-corrected chi connectivity index (χ2v) is 11.6. The van der Waals surface area contributed by atoms with Crippen molar-refractivity contribution in [3.8, 4) is 11.5 Å². The Bertz CT molecular complexity index is 2550. The monoisotopic (exact) mass is 621 g/mol. The second kappa shape index (κ2) is 11.1. The molecular formula is C36H31NO9. The largest absolute Gasteiger partial charge is 0.510 e. The Kier molecular flexibility index (Phi) is 7.39. The summed E-state index contributed by atoms with van der Waals surface area (Å²) in [6, 6.07) is 2.53. The zero-order chi connectivity index (χ0) is 33.1. The molecule has 0 fully saturated rings. The summed E-state index contributed by atoms with van der Waals surface area (Å²) in [6.07, 6.45) is 13.6. The molecule has 46 heavy (non-hydrogen) atoms. The third kappa shape index (κ3) is 4.06. The first-order valence-corrected chi connectivity index (χ1v) is 15.0. The summed E-state index contributed by atoms with van der Waals surface area (Å²) in [5.74, 6) is -2.44. The standard InChI is InChI=1S/C36H31NO9/c1-4-6-8-10-12-18-19-13-14-36(28(19)32(42)23-20(18)15-17(37-35(23)45)11-9-7-5-2)33(43)26-27(34(36)44)31(41)25-24(30(26)40)21(38)16-22(46-3)29(25)39/h5,7,9-12,15-16,42-44H,4,6,8,13-14H2,1-3H3,(H,37,45)/t36-/m0/s1. The third-order valence-corrected chi connectivity index (χ3v) is 9.08. The fraction of sp³-hybridized carbons (Fsp3) is 0.250. The van der Waals surface area contributed by atoms with Crippen LogP contribution < -0.4 is 42.4 Å². The average Bonchev–Trinajstić information content (AvgIpc) is 3.53. The molecule has 10 nitrogen and oxygen atoms in total. The number of aromatic amines is 1. The number of aromatic nitrogens is 1. The number of benzene rings is 1. The van der Waals surface area contributed by atoms with Gasteiger partial charge in [0.2, 0.25) is 16.3 Å². The van der Waals surface area contributed by atoms with Crippen LogP contribution in [0.25, 0.3) is 34.4 Å². The molecule has 4 N–H and O–H groups in total. The zero-order valence-electron chi connectivity index (χ0n) is 25.4. The molecule has 0 unspecified atom stereocenters. The van der Waals surface area contributed by atoms with Crippen molar-refractivity contribution < 1.29 is 20.1 Å². The van der Waals surface area contributed by atoms with Crippen LogP contribution in [-0.2, 0) is 11.8 Å². The van der Waals surface area contributed by atoms with Gasteiger partial charge in [0.05, 0.1) is 33.4 Å². The molecule has 4 aliphatic carbocycles. The number of unbranched alkanes of at least 4 members (excludes halogenated alkanes) is 2. The highest BCUT2D eigenvalue weighted by atomic mass is 16.5. The normalized spacial score (nSPS) is 17.5. The van der Waals surface area contributed by atoms with E-state index in [-0.39, 0.29) is 23.8 Å². The highest BCUT2D eigenvalue weighted by Crippen LogP contribution is 2.55. The summed E-state index contributed by atoms with van der Waals surface area (Å²) in [7, 11) is 1.14. The van der Waals surface area contributed by atoms with Gasteiger partial charge in [0, 0.05) is 22.7 Å². The highest BCUT2D eigenvalue weighted by Gasteiger charge is 2.53. The number of methoxy groups -OCH3 is 1. The number of hydrogen-bond acceptors (Lipinski definition) is 9. The zero-order valence-corrected chi connectivity index (χ0v) is 25.4. The molecule has 4 aliphatic rings. The number of allylic oxidation sites excluding steroid dienone is 4. The van der Waals surface area contributed by atoms with Gasteiger partial charge in [-0.3, -0.25) is 24.0 Å². The Hall–Kier alpha value is -5.51. The number of aromatic hydroxyl groups is 1. The fourth-order valence-corrected chi connectivity index (χ4v) is 6.97. The molecule has 0 amide bonds. The topological polar surface area (TPSA) is 171 Å². The Morgan fingerprint density at radius 3 is 2.26 bits per heavy atom. The van der Waals surface area contributed by atoms with E-state index in [4.69, 9.17) is 4.74 Å². The van der Waals surface area contributed by atoms with Crippen molar-refractivity contribution in [1.82, 2.24) is 4.98 Å². The van der Waals surface area contributed by atoms with E-state index in [1.807, 2.05) is 25.2 Å². The lowest BCUT2D eigenvalue weighted by Crippen LogP contribution is -2.51. The maximum Gasteiger partial charge on any atom is 0.260 e. The van der Waals surface area contributed by atoms with Crippen molar-refractivity contribution in [2.24, 2.45) is 0 Å². The summed E-state index contributed by atoms with van der Waals surface area (Å²) in [5, 5.41) is 33.1. The minimum absolute atomic E-state index is 0.0193. The van der Waals surface area contributed by atoms with Crippen LogP contribution in [0.15, 0.2) is 60.4 Å². The number of phenols is 1. The van der Waals surface area contributed by atoms with Crippen LogP contribution in [0.3, 0.4) is 0 Å². The van der Waals surface area contributed by atoms with Crippen LogP contribution in [0.4, 0.5) is 0 Å². The molecule has 0 bridgehead atoms. The molecule has 2 aromatic rings. The number of nitrogens with one attached hydrogen (secondary N) is 1. The predicted octanol–water partition coefficient (Wildman–Crippen LogP) is 2.31. The second-order valence-electron chi connectivity index (χ2n) is 11.6. The first-order valence-electron chi connectivity index (χ1n) is 15.0. The van der Waals surface area contributed by atoms with Crippen molar-refractivity contribution in [2.45, 2.75) is 51.4 Å². The van der Waals surface area contributed by atoms with Crippen LogP contribution in [-0.4, -0.2) is 27.4 Å². The van der Waals surface area contributed by atoms with Gasteiger partial charge in [-0.15, -0.1) is 0 Å². The van der Waals surface area contributed by atoms with Gasteiger partial charge in [-0.1, -0.05) is 50.1 Å². The fourth-order valence-electron chi connectivity index (χ4n) is 6.97. The van der Waals surface area contributed by atoms with Gasteiger partial charge in [0.25, 0.3) is 5.56 Å². The van der Waals surface area contributed by atoms with E-state index in [1.54, 1.807) is 24.3 Å². The predicted molar refractivity (Wildman–Crippen MR) is 176 cm³/mol. The molecule has 6 rings (SSSR count). The number of fused-ring (bicyclic) bond motifs is 4. The van der Waals surface area contributed by atoms with E-state index < -0.39 is 76.6 Å². The van der Waals surface area contributed by atoms with Crippen molar-refractivity contribution in [3.05, 3.63) is 131 Å². The molecule has 0 saturated carbocycles. The Balaban J connectivity index is 1.77. The number of H-pyrrole nitrogens is 1. The highest BCUT2D eigenvalue weighted by molar-refractivity contribution is 6.00. The quantitative estimate of drug-likeness (QED) is 0.179. The van der Waals surface area contributed by atoms with Crippen molar-refractivity contribution in [1.29, 1.82) is 0 Å². The molecule has 1 aromatic carbocycles. The molecule has 0 aliphatic heterocycles. The van der Waals surface area contributed by atoms with Gasteiger partial charge >= 0.3 is 0 Å². The van der Waals surface area contributed by atoms with Crippen LogP contribution in [0.2, 0.25) is 0 Å². The van der Waals surface area contributed by atoms with Gasteiger partial charge in [-0.2, -0.15) is 0 Å². The lowest BCUT2D eigenvalue weighted by atomic mass is 9.77. The maximum absolute atomic E-state index is 13.8. The van der Waals surface area contributed by atoms with Gasteiger partial charge in [-0.05, 0) is 49.5 Å². The van der Waals surface area contributed by atoms with Gasteiger partial charge in [0.15, 0.2) is 11.2 Å². The van der Waals surface area contributed by atoms with E-state index in [1.165, 1.54) is 0 Å². The summed E-state index contributed by atoms with van der Waals surface area (Å²) < 4.78 is 4.94. The van der Waals surface area contributed by atoms with Crippen molar-refractivity contribution >= 4 is 34.4 Å². The molecule has 1 aromatic heterocycles. The molecule has 0 saturated heterocycles. The first kappa shape index (κ1) is 30.5. The van der Waals surface area contributed by atoms with E-state index in [9.17, 15) is 39.3 Å². The van der Waals surface area contributed by atoms with E-state index >= 15 is 0 Å². The molecular weight excluding hydrogens is 590 g/mol. The summed E-state index contributed by atoms with van der Waals surface area (Å²) >= 11 is 0. The molecule has 1 spiro atoms. The SMILES string of the molecule is CC=CC=Cc1cc2c(C=CCCCC)c3c(c(O)c2c(=O)[nH]1)[C@@]1(CC3)C(O)=c2c(=O)c3c(=O)cc(OC)c(=O)c=3c(=O)c2=C1O. The lowest BCUT2D eigenvalue weighted by Gasteiger charge is -2.27. The summed E-state index contributed by atoms with van der Waals surface area (Å²) in [6.45, 7) is 3.91. The molecule has 234 valence electrons. The minimum atomic E-state index is -1.98. The number of aliphatic hydroxyl groups is 2. The van der Waals surface area contributed by atoms with Crippen LogP contribution >= 0.6 is 0 Å². The molecule has 10 heteroatoms. The number of aliphatic hydroxyl groups excluding tert-OH is 2. The van der Waals surface area contributed by atoms with Gasteiger partial charge in [-0.25, -0.2) is 0 Å². The minimum Gasteiger partial charge on any atom is -0.510 e. The molecule has 1 atom stereocenters. The Labute approximate surface area is 260 Å². The van der Waals surface area contributed by atoms with E-state index in [0.717, 1.165) is 32.4 Å². The number of pyridine rings is 1. The third-order valence-electron chi connectivity index (χ3n) is 9.08. The summed E-state index contributed by atoms with van der Waals surface area (Å²) in [4.78, 5) is 69.8. The van der Waals surface area contributed by atoms with E-state index in [2.05, 4.69) is 11.9 Å². The Morgan fingerprint density at radius 2 is 1.61 bits per heavy atom. The Morgan fingerprint density at radius 1 is 0.913 bits per heavy atom. The molecule has 0 radical (unpaired) electrons. The van der Waals surface area contributed by atoms with Crippen LogP contribution in [0.1, 0.15) is 61.9 Å². The van der Waals surface area contributed by atoms with Crippen molar-refractivity contribution in [3.63, 3.8) is 0 Å². The average molecular weight is 622 g/mol. The molecule has 1 heterocycles. The van der Waals surface area contributed by atoms with Crippen LogP contribution in [0, 0.1) is 10.4 Å². The summed E-state index contributed by atoms with van der Waals surface area (Å²) in [5.41, 5.74) is -5.21. The number of phenolic OH excluding ortho intramolecular Hbond substituents is 1. The first-order chi connectivity index (χ1) is 22.0. The maximum atomic E-state index is 13.8. The van der Waals surface area contributed by atoms with Crippen LogP contribution in [0.5, 0.6) is 11.5 Å². The van der Waals surface area contributed by atoms with Crippen molar-refractivity contribution in [2.75, 3.05) is 7.11 Å². The van der Waals surface area contributed by atoms with Gasteiger partial charge < -0.3 is 25.0 Å². The van der Waals surface area contributed by atoms with E-state index in [0.29, 0.717) is 22.2 Å². The smallest absolute Gasteiger partial charge is 0.260 e. The lowest BCUT2D eigenvalue weighted by molar-refractivity contribution is 0.362. The van der Waals surface area contributed by atoms with Gasteiger partial charge in [0.1, 0.15) is 22.7 Å². The number of rotatable bonds is 7. The number of hydrogen-bond donors (Lipinski definition) is 4.